The number of rotatable bonds is 2. The van der Waals surface area contributed by atoms with Crippen LogP contribution in [0.5, 0.6) is 0 Å². The lowest BCUT2D eigenvalue weighted by molar-refractivity contribution is 0.560. The summed E-state index contributed by atoms with van der Waals surface area (Å²) in [6.07, 6.45) is 2.91. The van der Waals surface area contributed by atoms with Crippen LogP contribution in [0, 0.1) is 0 Å². The van der Waals surface area contributed by atoms with E-state index >= 15 is 0 Å². The summed E-state index contributed by atoms with van der Waals surface area (Å²) in [5.41, 5.74) is -1.08. The van der Waals surface area contributed by atoms with Crippen molar-refractivity contribution in [3.8, 4) is 0 Å². The van der Waals surface area contributed by atoms with Gasteiger partial charge >= 0.3 is 5.69 Å². The van der Waals surface area contributed by atoms with Crippen LogP contribution in [0.1, 0.15) is 5.76 Å². The highest BCUT2D eigenvalue weighted by Gasteiger charge is 1.93. The van der Waals surface area contributed by atoms with Crippen molar-refractivity contribution < 1.29 is 4.42 Å². The Hall–Kier alpha value is -2.37. The normalized spacial score (nSPS) is 10.9. The maximum absolute atomic E-state index is 10.9. The molecule has 6 heteroatoms. The van der Waals surface area contributed by atoms with Gasteiger partial charge in [0.1, 0.15) is 11.6 Å². The topological polar surface area (TPSA) is 91.2 Å². The van der Waals surface area contributed by atoms with Gasteiger partial charge in [0, 0.05) is 6.07 Å². The second kappa shape index (κ2) is 3.79. The minimum Gasteiger partial charge on any atom is -0.463 e. The number of hydrogen-bond acceptors (Lipinski definition) is 4. The average molecular weight is 205 g/mol. The maximum Gasteiger partial charge on any atom is 0.327 e. The molecule has 0 saturated carbocycles. The molecule has 2 rings (SSSR count). The SMILES string of the molecule is O=c1cc(N=Cc2ccco2)[nH]c(=O)[nH]1. The van der Waals surface area contributed by atoms with E-state index in [9.17, 15) is 9.59 Å². The van der Waals surface area contributed by atoms with E-state index in [1.54, 1.807) is 12.1 Å². The summed E-state index contributed by atoms with van der Waals surface area (Å²) in [5, 5.41) is 0. The van der Waals surface area contributed by atoms with Crippen LogP contribution in [0.3, 0.4) is 0 Å². The smallest absolute Gasteiger partial charge is 0.327 e. The molecule has 2 heterocycles. The van der Waals surface area contributed by atoms with Crippen LogP contribution in [0.4, 0.5) is 5.82 Å². The van der Waals surface area contributed by atoms with E-state index in [-0.39, 0.29) is 5.82 Å². The van der Waals surface area contributed by atoms with Crippen molar-refractivity contribution in [1.29, 1.82) is 0 Å². The second-order valence-corrected chi connectivity index (χ2v) is 2.75. The van der Waals surface area contributed by atoms with E-state index in [0.717, 1.165) is 0 Å². The Morgan fingerprint density at radius 1 is 1.33 bits per heavy atom. The number of furan rings is 1. The number of nitrogens with one attached hydrogen (secondary N) is 2. The fourth-order valence-corrected chi connectivity index (χ4v) is 1.02. The maximum atomic E-state index is 10.9. The van der Waals surface area contributed by atoms with E-state index in [2.05, 4.69) is 9.98 Å². The van der Waals surface area contributed by atoms with Gasteiger partial charge in [-0.25, -0.2) is 9.79 Å². The van der Waals surface area contributed by atoms with Crippen LogP contribution in [0.15, 0.2) is 43.5 Å². The van der Waals surface area contributed by atoms with Crippen molar-refractivity contribution in [1.82, 2.24) is 9.97 Å². The van der Waals surface area contributed by atoms with Gasteiger partial charge in [-0.3, -0.25) is 14.8 Å². The number of aromatic nitrogens is 2. The molecule has 0 radical (unpaired) electrons. The van der Waals surface area contributed by atoms with Gasteiger partial charge in [-0.1, -0.05) is 0 Å². The summed E-state index contributed by atoms with van der Waals surface area (Å²) >= 11 is 0. The molecule has 2 aromatic heterocycles. The largest absolute Gasteiger partial charge is 0.463 e. The Morgan fingerprint density at radius 3 is 2.87 bits per heavy atom. The molecule has 0 saturated heterocycles. The highest BCUT2D eigenvalue weighted by Crippen LogP contribution is 2.01. The lowest BCUT2D eigenvalue weighted by Gasteiger charge is -1.89. The molecule has 0 aromatic carbocycles. The molecule has 0 bridgehead atoms. The third-order valence-electron chi connectivity index (χ3n) is 1.62. The first-order valence-electron chi connectivity index (χ1n) is 4.15. The molecule has 2 N–H and O–H groups in total. The fraction of sp³-hybridized carbons (Fsp3) is 0. The highest BCUT2D eigenvalue weighted by atomic mass is 16.3. The molecule has 0 amide bonds. The molecule has 0 atom stereocenters. The molecule has 76 valence electrons. The Kier molecular flexibility index (Phi) is 2.32. The van der Waals surface area contributed by atoms with Crippen molar-refractivity contribution in [2.45, 2.75) is 0 Å². The lowest BCUT2D eigenvalue weighted by Crippen LogP contribution is -2.20. The molecule has 0 unspecified atom stereocenters. The van der Waals surface area contributed by atoms with Crippen LogP contribution < -0.4 is 11.2 Å². The van der Waals surface area contributed by atoms with Crippen LogP contribution in [-0.4, -0.2) is 16.2 Å². The van der Waals surface area contributed by atoms with Crippen LogP contribution in [-0.2, 0) is 0 Å². The first-order chi connectivity index (χ1) is 7.24. The third kappa shape index (κ3) is 2.31. The zero-order chi connectivity index (χ0) is 10.7. The standard InChI is InChI=1S/C9H7N3O3/c13-8-4-7(11-9(14)12-8)10-5-6-2-1-3-15-6/h1-5H,(H2,11,12,13,14). The van der Waals surface area contributed by atoms with E-state index < -0.39 is 11.2 Å². The first kappa shape index (κ1) is 9.20. The lowest BCUT2D eigenvalue weighted by atomic mass is 10.5. The minimum atomic E-state index is -0.589. The number of aliphatic imine (C=N–C) groups is 1. The van der Waals surface area contributed by atoms with Gasteiger partial charge in [-0.2, -0.15) is 0 Å². The zero-order valence-corrected chi connectivity index (χ0v) is 7.56. The van der Waals surface area contributed by atoms with E-state index in [4.69, 9.17) is 4.42 Å². The van der Waals surface area contributed by atoms with E-state index in [1.165, 1.54) is 18.5 Å². The van der Waals surface area contributed by atoms with Gasteiger partial charge in [-0.15, -0.1) is 0 Å². The van der Waals surface area contributed by atoms with Crippen LogP contribution >= 0.6 is 0 Å². The number of aromatic amines is 2. The highest BCUT2D eigenvalue weighted by molar-refractivity contribution is 5.77. The molecule has 2 aromatic rings. The summed E-state index contributed by atoms with van der Waals surface area (Å²) in [7, 11) is 0. The first-order valence-corrected chi connectivity index (χ1v) is 4.15. The van der Waals surface area contributed by atoms with Crippen LogP contribution in [0.2, 0.25) is 0 Å². The van der Waals surface area contributed by atoms with Gasteiger partial charge in [0.25, 0.3) is 5.56 Å². The number of hydrogen-bond donors (Lipinski definition) is 2. The van der Waals surface area contributed by atoms with Crippen molar-refractivity contribution in [2.24, 2.45) is 4.99 Å². The summed E-state index contributed by atoms with van der Waals surface area (Å²) < 4.78 is 4.99. The fourth-order valence-electron chi connectivity index (χ4n) is 1.02. The van der Waals surface area contributed by atoms with Crippen molar-refractivity contribution in [3.05, 3.63) is 51.1 Å². The molecule has 0 aliphatic rings. The third-order valence-corrected chi connectivity index (χ3v) is 1.62. The number of H-pyrrole nitrogens is 2. The summed E-state index contributed by atoms with van der Waals surface area (Å²) in [6, 6.07) is 4.59. The summed E-state index contributed by atoms with van der Waals surface area (Å²) in [5.74, 6) is 0.719. The zero-order valence-electron chi connectivity index (χ0n) is 7.56. The second-order valence-electron chi connectivity index (χ2n) is 2.75. The van der Waals surface area contributed by atoms with Gasteiger partial charge in [0.2, 0.25) is 0 Å². The molecule has 0 aliphatic carbocycles. The molecular weight excluding hydrogens is 198 g/mol. The van der Waals surface area contributed by atoms with Crippen molar-refractivity contribution >= 4 is 12.0 Å². The predicted octanol–water partition coefficient (Wildman–Crippen LogP) is 0.407. The molecule has 0 spiro atoms. The quantitative estimate of drug-likeness (QED) is 0.695. The van der Waals surface area contributed by atoms with E-state index in [0.29, 0.717) is 5.76 Å². The van der Waals surface area contributed by atoms with Gasteiger partial charge in [0.15, 0.2) is 0 Å². The minimum absolute atomic E-state index is 0.181. The Labute approximate surface area is 83.3 Å². The Balaban J connectivity index is 2.32. The Morgan fingerprint density at radius 2 is 2.20 bits per heavy atom. The average Bonchev–Trinajstić information content (AvgIpc) is 2.65. The molecule has 15 heavy (non-hydrogen) atoms. The molecular formula is C9H7N3O3. The van der Waals surface area contributed by atoms with Gasteiger partial charge in [0.05, 0.1) is 12.5 Å². The van der Waals surface area contributed by atoms with Crippen LogP contribution in [0.25, 0.3) is 0 Å². The van der Waals surface area contributed by atoms with Crippen molar-refractivity contribution in [3.63, 3.8) is 0 Å². The Bertz CT molecular complexity index is 549. The monoisotopic (exact) mass is 205 g/mol. The molecule has 0 aliphatic heterocycles. The molecule has 6 nitrogen and oxygen atoms in total. The van der Waals surface area contributed by atoms with E-state index in [1.807, 2.05) is 4.98 Å². The predicted molar refractivity (Wildman–Crippen MR) is 53.6 cm³/mol. The van der Waals surface area contributed by atoms with Gasteiger partial charge in [-0.05, 0) is 12.1 Å². The summed E-state index contributed by atoms with van der Waals surface area (Å²) in [4.78, 5) is 30.0. The van der Waals surface area contributed by atoms with Crippen molar-refractivity contribution in [2.75, 3.05) is 0 Å². The number of nitrogens with zero attached hydrogens (tertiary/aromatic N) is 1. The van der Waals surface area contributed by atoms with Gasteiger partial charge < -0.3 is 4.42 Å². The summed E-state index contributed by atoms with van der Waals surface area (Å²) in [6.45, 7) is 0. The molecule has 0 fully saturated rings.